The van der Waals surface area contributed by atoms with Crippen molar-refractivity contribution in [3.8, 4) is 0 Å². The maximum absolute atomic E-state index is 10.2. The summed E-state index contributed by atoms with van der Waals surface area (Å²) in [5.41, 5.74) is 6.42. The fourth-order valence-corrected chi connectivity index (χ4v) is 2.57. The van der Waals surface area contributed by atoms with Crippen molar-refractivity contribution in [2.24, 2.45) is 5.73 Å². The van der Waals surface area contributed by atoms with Crippen molar-refractivity contribution in [1.29, 1.82) is 0 Å². The molecule has 1 unspecified atom stereocenters. The Balaban J connectivity index is 2.50. The molecule has 0 amide bonds. The zero-order valence-corrected chi connectivity index (χ0v) is 9.90. The fourth-order valence-electron chi connectivity index (χ4n) is 0.969. The summed E-state index contributed by atoms with van der Waals surface area (Å²) in [5, 5.41) is 8.34. The largest absolute Gasteiger partial charge is 0.480 e. The number of ether oxygens (including phenoxy) is 1. The summed E-state index contributed by atoms with van der Waals surface area (Å²) in [6, 6.07) is 1.20. The van der Waals surface area contributed by atoms with Crippen molar-refractivity contribution < 1.29 is 14.6 Å². The topological polar surface area (TPSA) is 72.5 Å². The van der Waals surface area contributed by atoms with Crippen LogP contribution in [0.25, 0.3) is 0 Å². The summed E-state index contributed by atoms with van der Waals surface area (Å²) in [5.74, 6) is -1.03. The van der Waals surface area contributed by atoms with E-state index in [1.807, 2.05) is 0 Å². The van der Waals surface area contributed by atoms with Crippen LogP contribution in [0.5, 0.6) is 0 Å². The van der Waals surface area contributed by atoms with Gasteiger partial charge in [0, 0.05) is 5.56 Å². The Bertz CT molecular complexity index is 356. The number of halogens is 2. The van der Waals surface area contributed by atoms with Crippen molar-refractivity contribution in [3.63, 3.8) is 0 Å². The second kappa shape index (κ2) is 5.67. The zero-order chi connectivity index (χ0) is 11.4. The third kappa shape index (κ3) is 3.96. The molecule has 0 radical (unpaired) electrons. The molecule has 1 atom stereocenters. The molecule has 0 saturated heterocycles. The number of hydrogen-bond acceptors (Lipinski definition) is 4. The van der Waals surface area contributed by atoms with Crippen molar-refractivity contribution in [1.82, 2.24) is 0 Å². The van der Waals surface area contributed by atoms with Crippen LogP contribution in [0.2, 0.25) is 8.67 Å². The van der Waals surface area contributed by atoms with Gasteiger partial charge in [-0.1, -0.05) is 23.2 Å². The Hall–Kier alpha value is -0.330. The molecule has 0 fully saturated rings. The Kier molecular flexibility index (Phi) is 4.82. The first-order chi connectivity index (χ1) is 7.00. The molecule has 15 heavy (non-hydrogen) atoms. The van der Waals surface area contributed by atoms with E-state index in [4.69, 9.17) is 38.8 Å². The number of hydrogen-bond donors (Lipinski definition) is 2. The first kappa shape index (κ1) is 12.7. The molecule has 1 rings (SSSR count). The lowest BCUT2D eigenvalue weighted by atomic mass is 10.2. The monoisotopic (exact) mass is 269 g/mol. The maximum Gasteiger partial charge on any atom is 0.329 e. The van der Waals surface area contributed by atoms with Crippen LogP contribution in [0.1, 0.15) is 11.6 Å². The molecule has 1 aromatic heterocycles. The van der Waals surface area contributed by atoms with Gasteiger partial charge in [-0.15, -0.1) is 11.3 Å². The summed E-state index contributed by atoms with van der Waals surface area (Å²) < 4.78 is 5.90. The fraction of sp³-hybridized carbons (Fsp3) is 0.375. The summed E-state index contributed by atoms with van der Waals surface area (Å²) in [6.45, 7) is -0.276. The third-order valence-corrected chi connectivity index (χ3v) is 3.12. The van der Waals surface area contributed by atoms with Crippen molar-refractivity contribution in [2.75, 3.05) is 13.2 Å². The van der Waals surface area contributed by atoms with E-state index in [0.29, 0.717) is 14.2 Å². The second-order valence-electron chi connectivity index (χ2n) is 2.79. The number of thiophene rings is 1. The predicted octanol–water partition coefficient (Wildman–Crippen LogP) is 2.16. The molecule has 3 N–H and O–H groups in total. The molecule has 0 saturated carbocycles. The van der Waals surface area contributed by atoms with E-state index in [9.17, 15) is 4.79 Å². The van der Waals surface area contributed by atoms with Gasteiger partial charge in [-0.2, -0.15) is 0 Å². The van der Waals surface area contributed by atoms with Gasteiger partial charge in [0.1, 0.15) is 6.61 Å². The molecule has 0 aliphatic heterocycles. The van der Waals surface area contributed by atoms with Crippen LogP contribution in [0.4, 0.5) is 0 Å². The molecule has 0 aliphatic carbocycles. The Labute approximate surface area is 101 Å². The van der Waals surface area contributed by atoms with Crippen LogP contribution >= 0.6 is 34.5 Å². The van der Waals surface area contributed by atoms with E-state index in [-0.39, 0.29) is 13.2 Å². The van der Waals surface area contributed by atoms with Crippen LogP contribution < -0.4 is 5.73 Å². The number of nitrogens with two attached hydrogens (primary N) is 1. The molecular formula is C8H9Cl2NO3S. The van der Waals surface area contributed by atoms with E-state index in [2.05, 4.69) is 0 Å². The summed E-state index contributed by atoms with van der Waals surface area (Å²) in [4.78, 5) is 10.2. The van der Waals surface area contributed by atoms with Gasteiger partial charge in [0.15, 0.2) is 0 Å². The smallest absolute Gasteiger partial charge is 0.329 e. The van der Waals surface area contributed by atoms with Gasteiger partial charge < -0.3 is 15.6 Å². The lowest BCUT2D eigenvalue weighted by Gasteiger charge is -2.09. The minimum absolute atomic E-state index is 0.0963. The second-order valence-corrected chi connectivity index (χ2v) is 5.08. The van der Waals surface area contributed by atoms with Crippen LogP contribution in [-0.4, -0.2) is 24.3 Å². The van der Waals surface area contributed by atoms with Gasteiger partial charge in [0.05, 0.1) is 21.3 Å². The highest BCUT2D eigenvalue weighted by Gasteiger charge is 2.14. The van der Waals surface area contributed by atoms with Gasteiger partial charge in [-0.3, -0.25) is 0 Å². The Morgan fingerprint density at radius 1 is 1.67 bits per heavy atom. The van der Waals surface area contributed by atoms with E-state index in [1.165, 1.54) is 11.3 Å². The van der Waals surface area contributed by atoms with Crippen LogP contribution in [0.15, 0.2) is 6.07 Å². The molecule has 1 aromatic rings. The average Bonchev–Trinajstić information content (AvgIpc) is 2.44. The molecule has 0 aromatic carbocycles. The van der Waals surface area contributed by atoms with Crippen molar-refractivity contribution >= 4 is 40.5 Å². The molecule has 0 spiro atoms. The number of carbonyl (C=O) groups is 1. The number of carboxylic acid groups (broad SMARTS) is 1. The molecule has 1 heterocycles. The number of aliphatic carboxylic acids is 1. The van der Waals surface area contributed by atoms with Crippen LogP contribution in [0, 0.1) is 0 Å². The van der Waals surface area contributed by atoms with Crippen molar-refractivity contribution in [3.05, 3.63) is 20.3 Å². The minimum Gasteiger partial charge on any atom is -0.480 e. The normalized spacial score (nSPS) is 12.7. The Morgan fingerprint density at radius 3 is 2.80 bits per heavy atom. The molecular weight excluding hydrogens is 261 g/mol. The van der Waals surface area contributed by atoms with Gasteiger partial charge in [-0.25, -0.2) is 4.79 Å². The lowest BCUT2D eigenvalue weighted by molar-refractivity contribution is -0.142. The molecule has 0 bridgehead atoms. The first-order valence-corrected chi connectivity index (χ1v) is 5.57. The maximum atomic E-state index is 10.2. The van der Waals surface area contributed by atoms with Gasteiger partial charge in [0.25, 0.3) is 0 Å². The predicted molar refractivity (Wildman–Crippen MR) is 59.7 cm³/mol. The SMILES string of the molecule is NC(COCC(=O)O)c1cc(Cl)sc1Cl. The molecule has 0 aliphatic rings. The average molecular weight is 270 g/mol. The van der Waals surface area contributed by atoms with E-state index in [1.54, 1.807) is 6.07 Å². The highest BCUT2D eigenvalue weighted by Crippen LogP contribution is 2.34. The van der Waals surface area contributed by atoms with E-state index in [0.717, 1.165) is 0 Å². The quantitative estimate of drug-likeness (QED) is 0.859. The van der Waals surface area contributed by atoms with Crippen molar-refractivity contribution in [2.45, 2.75) is 6.04 Å². The number of carboxylic acids is 1. The minimum atomic E-state index is -1.03. The highest BCUT2D eigenvalue weighted by molar-refractivity contribution is 7.20. The molecule has 4 nitrogen and oxygen atoms in total. The van der Waals surface area contributed by atoms with Crippen LogP contribution in [0.3, 0.4) is 0 Å². The summed E-state index contributed by atoms with van der Waals surface area (Å²) in [6.07, 6.45) is 0. The summed E-state index contributed by atoms with van der Waals surface area (Å²) in [7, 11) is 0. The summed E-state index contributed by atoms with van der Waals surface area (Å²) >= 11 is 12.8. The van der Waals surface area contributed by atoms with Gasteiger partial charge in [0.2, 0.25) is 0 Å². The number of rotatable bonds is 5. The van der Waals surface area contributed by atoms with Gasteiger partial charge >= 0.3 is 5.97 Å². The highest BCUT2D eigenvalue weighted by atomic mass is 35.5. The Morgan fingerprint density at radius 2 is 2.33 bits per heavy atom. The van der Waals surface area contributed by atoms with E-state index >= 15 is 0 Å². The van der Waals surface area contributed by atoms with E-state index < -0.39 is 12.0 Å². The zero-order valence-electron chi connectivity index (χ0n) is 7.57. The van der Waals surface area contributed by atoms with Crippen LogP contribution in [-0.2, 0) is 9.53 Å². The van der Waals surface area contributed by atoms with Gasteiger partial charge in [-0.05, 0) is 6.07 Å². The first-order valence-electron chi connectivity index (χ1n) is 4.00. The molecule has 84 valence electrons. The third-order valence-electron chi connectivity index (χ3n) is 1.61. The standard InChI is InChI=1S/C8H9Cl2NO3S/c9-6-1-4(8(10)15-6)5(11)2-14-3-7(12)13/h1,5H,2-3,11H2,(H,12,13). The molecule has 7 heteroatoms. The lowest BCUT2D eigenvalue weighted by Crippen LogP contribution is -2.19.